The number of hydrogen-bond acceptors (Lipinski definition) is 4. The highest BCUT2D eigenvalue weighted by molar-refractivity contribution is 5.92. The molecule has 2 aromatic carbocycles. The predicted molar refractivity (Wildman–Crippen MR) is 97.6 cm³/mol. The molecule has 0 saturated heterocycles. The number of nitrogens with zero attached hydrogens (tertiary/aromatic N) is 1. The largest absolute Gasteiger partial charge is 0.444 e. The van der Waals surface area contributed by atoms with Crippen molar-refractivity contribution in [2.75, 3.05) is 25.3 Å². The smallest absolute Gasteiger partial charge is 0.414 e. The molecule has 0 aliphatic carbocycles. The maximum absolute atomic E-state index is 12.7. The molecule has 6 nitrogen and oxygen atoms in total. The van der Waals surface area contributed by atoms with Crippen LogP contribution in [-0.4, -0.2) is 32.4 Å². The minimum absolute atomic E-state index is 0.137. The lowest BCUT2D eigenvalue weighted by molar-refractivity contribution is -0.126. The van der Waals surface area contributed by atoms with Gasteiger partial charge in [-0.25, -0.2) is 4.79 Å². The lowest BCUT2D eigenvalue weighted by atomic mass is 9.92. The molecule has 0 spiro atoms. The second-order valence-corrected chi connectivity index (χ2v) is 6.15. The molecule has 1 atom stereocenters. The summed E-state index contributed by atoms with van der Waals surface area (Å²) in [5.41, 5.74) is 2.66. The molecule has 1 N–H and O–H groups in total. The molecule has 26 heavy (non-hydrogen) atoms. The summed E-state index contributed by atoms with van der Waals surface area (Å²) in [6.07, 6.45) is 0.124. The molecule has 2 aromatic rings. The van der Waals surface area contributed by atoms with Crippen LogP contribution in [0.25, 0.3) is 0 Å². The molecule has 3 rings (SSSR count). The summed E-state index contributed by atoms with van der Waals surface area (Å²) in [5.74, 6) is -0.480. The van der Waals surface area contributed by atoms with Gasteiger partial charge in [0.2, 0.25) is 5.91 Å². The lowest BCUT2D eigenvalue weighted by Crippen LogP contribution is -2.46. The first kappa shape index (κ1) is 17.9. The zero-order chi connectivity index (χ0) is 18.4. The number of benzene rings is 2. The second kappa shape index (κ2) is 8.49. The zero-order valence-electron chi connectivity index (χ0n) is 14.7. The van der Waals surface area contributed by atoms with Crippen LogP contribution in [0.3, 0.4) is 0 Å². The van der Waals surface area contributed by atoms with Crippen LogP contribution in [0.4, 0.5) is 10.5 Å². The number of amides is 2. The zero-order valence-corrected chi connectivity index (χ0v) is 14.7. The van der Waals surface area contributed by atoms with Crippen molar-refractivity contribution < 1.29 is 19.1 Å². The number of para-hydroxylation sites is 1. The SMILES string of the molecule is COCNC(=O)[C@H]1Cc2ccccc2N(C(=O)OCc2ccccc2)C1. The maximum Gasteiger partial charge on any atom is 0.414 e. The number of ether oxygens (including phenoxy) is 2. The molecule has 0 bridgehead atoms. The molecular formula is C20H22N2O4. The van der Waals surface area contributed by atoms with Crippen molar-refractivity contribution in [1.82, 2.24) is 5.32 Å². The number of anilines is 1. The first-order valence-electron chi connectivity index (χ1n) is 8.52. The number of carbonyl (C=O) groups is 2. The second-order valence-electron chi connectivity index (χ2n) is 6.15. The van der Waals surface area contributed by atoms with Crippen molar-refractivity contribution in [3.05, 3.63) is 65.7 Å². The highest BCUT2D eigenvalue weighted by Gasteiger charge is 2.32. The van der Waals surface area contributed by atoms with Gasteiger partial charge >= 0.3 is 6.09 Å². The van der Waals surface area contributed by atoms with Crippen LogP contribution in [0.1, 0.15) is 11.1 Å². The number of carbonyl (C=O) groups excluding carboxylic acids is 2. The van der Waals surface area contributed by atoms with Crippen molar-refractivity contribution in [2.45, 2.75) is 13.0 Å². The van der Waals surface area contributed by atoms with E-state index in [1.807, 2.05) is 54.6 Å². The van der Waals surface area contributed by atoms with E-state index in [1.54, 1.807) is 4.90 Å². The molecule has 0 fully saturated rings. The molecule has 6 heteroatoms. The minimum Gasteiger partial charge on any atom is -0.444 e. The third-order valence-corrected chi connectivity index (χ3v) is 4.34. The van der Waals surface area contributed by atoms with Crippen LogP contribution < -0.4 is 10.2 Å². The van der Waals surface area contributed by atoms with Crippen LogP contribution in [0.2, 0.25) is 0 Å². The number of hydrogen-bond donors (Lipinski definition) is 1. The first-order chi connectivity index (χ1) is 12.7. The Morgan fingerprint density at radius 3 is 2.62 bits per heavy atom. The Morgan fingerprint density at radius 2 is 1.85 bits per heavy atom. The Labute approximate surface area is 152 Å². The highest BCUT2D eigenvalue weighted by atomic mass is 16.6. The standard InChI is InChI=1S/C20H22N2O4/c1-25-14-21-19(23)17-11-16-9-5-6-10-18(16)22(12-17)20(24)26-13-15-7-3-2-4-8-15/h2-10,17H,11-14H2,1H3,(H,21,23)/t17-/m0/s1. The van der Waals surface area contributed by atoms with Gasteiger partial charge in [-0.1, -0.05) is 48.5 Å². The van der Waals surface area contributed by atoms with E-state index >= 15 is 0 Å². The van der Waals surface area contributed by atoms with Gasteiger partial charge in [0.05, 0.1) is 11.6 Å². The van der Waals surface area contributed by atoms with Crippen LogP contribution in [0, 0.1) is 5.92 Å². The van der Waals surface area contributed by atoms with Crippen molar-refractivity contribution in [2.24, 2.45) is 5.92 Å². The molecule has 0 radical (unpaired) electrons. The minimum atomic E-state index is -0.453. The quantitative estimate of drug-likeness (QED) is 0.839. The highest BCUT2D eigenvalue weighted by Crippen LogP contribution is 2.30. The lowest BCUT2D eigenvalue weighted by Gasteiger charge is -2.33. The average molecular weight is 354 g/mol. The van der Waals surface area contributed by atoms with Crippen LogP contribution >= 0.6 is 0 Å². The third-order valence-electron chi connectivity index (χ3n) is 4.34. The van der Waals surface area contributed by atoms with E-state index in [1.165, 1.54) is 7.11 Å². The number of nitrogens with one attached hydrogen (secondary N) is 1. The summed E-state index contributed by atoms with van der Waals surface area (Å²) in [4.78, 5) is 26.5. The number of rotatable bonds is 5. The Kier molecular flexibility index (Phi) is 5.86. The fourth-order valence-corrected chi connectivity index (χ4v) is 3.03. The van der Waals surface area contributed by atoms with Crippen molar-refractivity contribution in [3.8, 4) is 0 Å². The van der Waals surface area contributed by atoms with Crippen molar-refractivity contribution >= 4 is 17.7 Å². The molecule has 136 valence electrons. The van der Waals surface area contributed by atoms with E-state index in [0.717, 1.165) is 16.8 Å². The maximum atomic E-state index is 12.7. The van der Waals surface area contributed by atoms with E-state index < -0.39 is 6.09 Å². The van der Waals surface area contributed by atoms with Gasteiger partial charge < -0.3 is 14.8 Å². The predicted octanol–water partition coefficient (Wildman–Crippen LogP) is 2.72. The fraction of sp³-hybridized carbons (Fsp3) is 0.300. The van der Waals surface area contributed by atoms with Gasteiger partial charge in [-0.05, 0) is 23.6 Å². The summed E-state index contributed by atoms with van der Waals surface area (Å²) >= 11 is 0. The number of fused-ring (bicyclic) bond motifs is 1. The Balaban J connectivity index is 1.73. The van der Waals surface area contributed by atoms with Crippen molar-refractivity contribution in [3.63, 3.8) is 0 Å². The fourth-order valence-electron chi connectivity index (χ4n) is 3.03. The molecule has 0 saturated carbocycles. The molecule has 2 amide bonds. The molecule has 0 unspecified atom stereocenters. The molecule has 1 aliphatic rings. The van der Waals surface area contributed by atoms with Gasteiger partial charge in [0.25, 0.3) is 0 Å². The van der Waals surface area contributed by atoms with Gasteiger partial charge in [-0.2, -0.15) is 0 Å². The monoisotopic (exact) mass is 354 g/mol. The average Bonchev–Trinajstić information content (AvgIpc) is 2.70. The van der Waals surface area contributed by atoms with Gasteiger partial charge in [0.1, 0.15) is 13.3 Å². The van der Waals surface area contributed by atoms with Gasteiger partial charge in [-0.3, -0.25) is 9.69 Å². The van der Waals surface area contributed by atoms with Crippen LogP contribution in [0.5, 0.6) is 0 Å². The van der Waals surface area contributed by atoms with E-state index in [-0.39, 0.29) is 31.7 Å². The van der Waals surface area contributed by atoms with Gasteiger partial charge in [0, 0.05) is 13.7 Å². The summed E-state index contributed by atoms with van der Waals surface area (Å²) in [6, 6.07) is 17.1. The molecular weight excluding hydrogens is 332 g/mol. The van der Waals surface area contributed by atoms with Gasteiger partial charge in [0.15, 0.2) is 0 Å². The summed E-state index contributed by atoms with van der Waals surface area (Å²) < 4.78 is 10.4. The van der Waals surface area contributed by atoms with E-state index in [9.17, 15) is 9.59 Å². The van der Waals surface area contributed by atoms with Gasteiger partial charge in [-0.15, -0.1) is 0 Å². The van der Waals surface area contributed by atoms with Crippen molar-refractivity contribution in [1.29, 1.82) is 0 Å². The molecule has 1 heterocycles. The van der Waals surface area contributed by atoms with E-state index in [4.69, 9.17) is 9.47 Å². The topological polar surface area (TPSA) is 67.9 Å². The van der Waals surface area contributed by atoms with Crippen LogP contribution in [0.15, 0.2) is 54.6 Å². The molecule has 0 aromatic heterocycles. The Hall–Kier alpha value is -2.86. The molecule has 1 aliphatic heterocycles. The summed E-state index contributed by atoms with van der Waals surface area (Å²) in [6.45, 7) is 0.620. The van der Waals surface area contributed by atoms with E-state index in [2.05, 4.69) is 5.32 Å². The normalized spacial score (nSPS) is 15.9. The van der Waals surface area contributed by atoms with E-state index in [0.29, 0.717) is 6.42 Å². The Bertz CT molecular complexity index is 763. The third kappa shape index (κ3) is 4.21. The van der Waals surface area contributed by atoms with Crippen LogP contribution in [-0.2, 0) is 27.3 Å². The number of methoxy groups -OCH3 is 1. The summed E-state index contributed by atoms with van der Waals surface area (Å²) in [7, 11) is 1.52. The Morgan fingerprint density at radius 1 is 1.12 bits per heavy atom. The first-order valence-corrected chi connectivity index (χ1v) is 8.52. The summed E-state index contributed by atoms with van der Waals surface area (Å²) in [5, 5.41) is 2.71.